The van der Waals surface area contributed by atoms with Gasteiger partial charge in [0.05, 0.1) is 17.1 Å². The first kappa shape index (κ1) is 21.6. The lowest BCUT2D eigenvalue weighted by Gasteiger charge is -2.33. The summed E-state index contributed by atoms with van der Waals surface area (Å²) in [6, 6.07) is 6.64. The van der Waals surface area contributed by atoms with Gasteiger partial charge in [-0.2, -0.15) is 5.10 Å². The molecule has 1 atom stereocenters. The maximum Gasteiger partial charge on any atom is 0.235 e. The van der Waals surface area contributed by atoms with Gasteiger partial charge < -0.3 is 10.2 Å². The fourth-order valence-electron chi connectivity index (χ4n) is 5.79. The molecule has 1 aromatic heterocycles. The minimum Gasteiger partial charge on any atom is -0.317 e. The van der Waals surface area contributed by atoms with Crippen LogP contribution in [0.5, 0.6) is 0 Å². The Kier molecular flexibility index (Phi) is 6.28. The molecular weight excluding hydrogens is 402 g/mol. The number of hydrogen-bond acceptors (Lipinski definition) is 5. The van der Waals surface area contributed by atoms with Gasteiger partial charge in [0, 0.05) is 18.9 Å². The molecule has 3 saturated heterocycles. The van der Waals surface area contributed by atoms with Crippen LogP contribution in [-0.2, 0) is 16.6 Å². The van der Waals surface area contributed by atoms with E-state index in [9.17, 15) is 9.59 Å². The lowest BCUT2D eigenvalue weighted by Crippen LogP contribution is -2.39. The number of nitrogens with one attached hydrogen (secondary N) is 2. The van der Waals surface area contributed by atoms with Crippen LogP contribution in [0.15, 0.2) is 18.2 Å². The van der Waals surface area contributed by atoms with Gasteiger partial charge in [-0.05, 0) is 94.7 Å². The molecule has 4 heterocycles. The predicted molar refractivity (Wildman–Crippen MR) is 124 cm³/mol. The Hall–Kier alpha value is -2.25. The average molecular weight is 438 g/mol. The van der Waals surface area contributed by atoms with Crippen molar-refractivity contribution in [2.45, 2.75) is 56.8 Å². The van der Waals surface area contributed by atoms with Crippen molar-refractivity contribution in [2.75, 3.05) is 32.7 Å². The lowest BCUT2D eigenvalue weighted by atomic mass is 9.87. The first-order valence-corrected chi connectivity index (χ1v) is 12.3. The van der Waals surface area contributed by atoms with E-state index in [4.69, 9.17) is 0 Å². The van der Waals surface area contributed by atoms with E-state index in [1.54, 1.807) is 0 Å². The summed E-state index contributed by atoms with van der Waals surface area (Å²) in [6.07, 6.45) is 7.34. The third-order valence-corrected chi connectivity index (χ3v) is 7.84. The summed E-state index contributed by atoms with van der Waals surface area (Å²) in [7, 11) is 1.95. The predicted octanol–water partition coefficient (Wildman–Crippen LogP) is 2.66. The highest BCUT2D eigenvalue weighted by Gasteiger charge is 2.32. The smallest absolute Gasteiger partial charge is 0.235 e. The second kappa shape index (κ2) is 9.32. The van der Waals surface area contributed by atoms with Crippen LogP contribution in [0.3, 0.4) is 0 Å². The van der Waals surface area contributed by atoms with Crippen molar-refractivity contribution < 1.29 is 9.59 Å². The zero-order valence-corrected chi connectivity index (χ0v) is 19.1. The number of carbonyl (C=O) groups is 2. The van der Waals surface area contributed by atoms with Crippen molar-refractivity contribution in [2.24, 2.45) is 13.0 Å². The second-order valence-electron chi connectivity index (χ2n) is 9.89. The quantitative estimate of drug-likeness (QED) is 0.703. The fraction of sp³-hybridized carbons (Fsp3) is 0.640. The number of rotatable bonds is 5. The molecule has 0 spiro atoms. The van der Waals surface area contributed by atoms with Crippen LogP contribution >= 0.6 is 0 Å². The van der Waals surface area contributed by atoms with Gasteiger partial charge in [0.2, 0.25) is 11.8 Å². The molecule has 2 N–H and O–H groups in total. The third kappa shape index (κ3) is 4.46. The van der Waals surface area contributed by atoms with Crippen LogP contribution < -0.4 is 10.6 Å². The molecule has 0 bridgehead atoms. The maximum atomic E-state index is 12.4. The Morgan fingerprint density at radius 1 is 1.06 bits per heavy atom. The van der Waals surface area contributed by atoms with E-state index in [-0.39, 0.29) is 17.7 Å². The Labute approximate surface area is 189 Å². The number of aryl methyl sites for hydroxylation is 1. The zero-order valence-electron chi connectivity index (χ0n) is 19.1. The van der Waals surface area contributed by atoms with E-state index in [0.29, 0.717) is 18.8 Å². The number of benzene rings is 1. The van der Waals surface area contributed by atoms with Gasteiger partial charge in [-0.15, -0.1) is 0 Å². The van der Waals surface area contributed by atoms with Crippen LogP contribution in [0.25, 0.3) is 10.9 Å². The van der Waals surface area contributed by atoms with Gasteiger partial charge in [-0.1, -0.05) is 12.1 Å². The van der Waals surface area contributed by atoms with Gasteiger partial charge >= 0.3 is 0 Å². The number of carbonyl (C=O) groups excluding carboxylic acids is 2. The Bertz CT molecular complexity index is 986. The largest absolute Gasteiger partial charge is 0.317 e. The Morgan fingerprint density at radius 3 is 2.59 bits per heavy atom. The third-order valence-electron chi connectivity index (χ3n) is 7.84. The summed E-state index contributed by atoms with van der Waals surface area (Å²) in [5.41, 5.74) is 3.26. The Balaban J connectivity index is 1.23. The van der Waals surface area contributed by atoms with E-state index in [2.05, 4.69) is 38.8 Å². The van der Waals surface area contributed by atoms with Crippen LogP contribution in [-0.4, -0.2) is 59.2 Å². The number of imide groups is 1. The van der Waals surface area contributed by atoms with Crippen molar-refractivity contribution in [3.05, 3.63) is 29.5 Å². The monoisotopic (exact) mass is 437 g/mol. The standard InChI is InChI=1S/C25H35N5O2/c1-29-22-16-19(2-3-20(22)24(28-29)21-4-5-23(31)27-25(21)32)18-9-14-30(15-10-18)13-8-17-6-11-26-12-7-17/h2-3,16-18,21,26H,4-15H2,1H3,(H,27,31,32). The molecular formula is C25H35N5O2. The van der Waals surface area contributed by atoms with Crippen LogP contribution in [0, 0.1) is 5.92 Å². The normalized spacial score (nSPS) is 24.2. The summed E-state index contributed by atoms with van der Waals surface area (Å²) in [4.78, 5) is 26.5. The van der Waals surface area contributed by atoms with Gasteiger partial charge in [0.25, 0.3) is 0 Å². The van der Waals surface area contributed by atoms with E-state index in [0.717, 1.165) is 22.5 Å². The maximum absolute atomic E-state index is 12.4. The van der Waals surface area contributed by atoms with Crippen molar-refractivity contribution >= 4 is 22.7 Å². The van der Waals surface area contributed by atoms with Crippen molar-refractivity contribution in [3.8, 4) is 0 Å². The van der Waals surface area contributed by atoms with Gasteiger partial charge in [0.1, 0.15) is 0 Å². The Morgan fingerprint density at radius 2 is 1.84 bits per heavy atom. The summed E-state index contributed by atoms with van der Waals surface area (Å²) in [5.74, 6) is 0.742. The van der Waals surface area contributed by atoms with Crippen molar-refractivity contribution in [1.29, 1.82) is 0 Å². The fourth-order valence-corrected chi connectivity index (χ4v) is 5.79. The highest BCUT2D eigenvalue weighted by molar-refractivity contribution is 6.02. The molecule has 0 aliphatic carbocycles. The zero-order chi connectivity index (χ0) is 22.1. The molecule has 1 unspecified atom stereocenters. The lowest BCUT2D eigenvalue weighted by molar-refractivity contribution is -0.134. The molecule has 7 nitrogen and oxygen atoms in total. The molecule has 7 heteroatoms. The van der Waals surface area contributed by atoms with Crippen LogP contribution in [0.1, 0.15) is 68.0 Å². The van der Waals surface area contributed by atoms with Gasteiger partial charge in [0.15, 0.2) is 0 Å². The molecule has 2 aromatic rings. The molecule has 32 heavy (non-hydrogen) atoms. The first-order valence-electron chi connectivity index (χ1n) is 12.3. The van der Waals surface area contributed by atoms with Crippen molar-refractivity contribution in [1.82, 2.24) is 25.3 Å². The SMILES string of the molecule is Cn1nc(C2CCC(=O)NC2=O)c2ccc(C3CCN(CCC4CCNCC4)CC3)cc21. The molecule has 0 radical (unpaired) electrons. The number of aromatic nitrogens is 2. The number of amides is 2. The summed E-state index contributed by atoms with van der Waals surface area (Å²) < 4.78 is 1.89. The van der Waals surface area contributed by atoms with E-state index in [1.807, 2.05) is 11.7 Å². The van der Waals surface area contributed by atoms with E-state index in [1.165, 1.54) is 70.4 Å². The molecule has 3 aliphatic heterocycles. The number of hydrogen-bond donors (Lipinski definition) is 2. The minimum atomic E-state index is -0.342. The van der Waals surface area contributed by atoms with Gasteiger partial charge in [-0.3, -0.25) is 19.6 Å². The summed E-state index contributed by atoms with van der Waals surface area (Å²) in [6.45, 7) is 5.98. The number of likely N-dealkylation sites (tertiary alicyclic amines) is 1. The molecule has 3 fully saturated rings. The molecule has 172 valence electrons. The van der Waals surface area contributed by atoms with E-state index >= 15 is 0 Å². The summed E-state index contributed by atoms with van der Waals surface area (Å²) >= 11 is 0. The molecule has 3 aliphatic rings. The molecule has 1 aromatic carbocycles. The van der Waals surface area contributed by atoms with Crippen molar-refractivity contribution in [3.63, 3.8) is 0 Å². The summed E-state index contributed by atoms with van der Waals surface area (Å²) in [5, 5.41) is 11.6. The van der Waals surface area contributed by atoms with Crippen LogP contribution in [0.4, 0.5) is 0 Å². The number of nitrogens with zero attached hydrogens (tertiary/aromatic N) is 3. The average Bonchev–Trinajstić information content (AvgIpc) is 3.14. The molecule has 5 rings (SSSR count). The van der Waals surface area contributed by atoms with Gasteiger partial charge in [-0.25, -0.2) is 0 Å². The van der Waals surface area contributed by atoms with E-state index < -0.39 is 0 Å². The highest BCUT2D eigenvalue weighted by Crippen LogP contribution is 2.34. The van der Waals surface area contributed by atoms with Crippen LogP contribution in [0.2, 0.25) is 0 Å². The first-order chi connectivity index (χ1) is 15.6. The highest BCUT2D eigenvalue weighted by atomic mass is 16.2. The number of piperidine rings is 3. The number of fused-ring (bicyclic) bond motifs is 1. The minimum absolute atomic E-state index is 0.184. The second-order valence-corrected chi connectivity index (χ2v) is 9.89. The molecule has 0 saturated carbocycles. The topological polar surface area (TPSA) is 79.3 Å². The molecule has 2 amide bonds.